The fourth-order valence-electron chi connectivity index (χ4n) is 5.32. The highest BCUT2D eigenvalue weighted by molar-refractivity contribution is 7.51. The van der Waals surface area contributed by atoms with Crippen molar-refractivity contribution >= 4 is 19.8 Å². The van der Waals surface area contributed by atoms with Crippen LogP contribution in [0.3, 0.4) is 0 Å². The van der Waals surface area contributed by atoms with Gasteiger partial charge >= 0.3 is 0 Å². The van der Waals surface area contributed by atoms with E-state index in [0.717, 1.165) is 68.8 Å². The van der Waals surface area contributed by atoms with Crippen LogP contribution in [0.2, 0.25) is 0 Å². The van der Waals surface area contributed by atoms with E-state index in [-0.39, 0.29) is 11.7 Å². The number of carbonyl (C=O) groups is 1. The smallest absolute Gasteiger partial charge is 0.252 e. The van der Waals surface area contributed by atoms with Gasteiger partial charge in [-0.15, -0.1) is 0 Å². The minimum absolute atomic E-state index is 0.0432. The van der Waals surface area contributed by atoms with Gasteiger partial charge in [-0.3, -0.25) is 9.69 Å². The standard InChI is InChI=1S/C26H34N3O4P/c1-18-14-21(27-8-6-20(7-9-27)28-10-12-33-13-11-28)17-29-25(30)16-24(34-26(18)29)19-4-5-22(31-2)23(15-19)32-3/h4-5,14-17,20,26,34H,6-13H2,1-3H3. The number of carbonyl (C=O) groups excluding carboxylic acids is 1. The molecular weight excluding hydrogens is 449 g/mol. The van der Waals surface area contributed by atoms with Gasteiger partial charge in [-0.25, -0.2) is 0 Å². The molecular formula is C26H34N3O4P. The lowest BCUT2D eigenvalue weighted by Gasteiger charge is -2.43. The second kappa shape index (κ2) is 10.1. The average molecular weight is 484 g/mol. The van der Waals surface area contributed by atoms with E-state index in [1.165, 1.54) is 5.57 Å². The summed E-state index contributed by atoms with van der Waals surface area (Å²) in [6, 6.07) is 6.51. The molecule has 2 saturated heterocycles. The summed E-state index contributed by atoms with van der Waals surface area (Å²) in [6.07, 6.45) is 8.46. The van der Waals surface area contributed by atoms with E-state index < -0.39 is 0 Å². The van der Waals surface area contributed by atoms with Crippen molar-refractivity contribution in [2.45, 2.75) is 31.6 Å². The normalized spacial score (nSPS) is 25.0. The minimum atomic E-state index is 0.0432. The molecule has 0 bridgehead atoms. The number of hydrogen-bond donors (Lipinski definition) is 0. The van der Waals surface area contributed by atoms with Gasteiger partial charge in [-0.1, -0.05) is 14.6 Å². The van der Waals surface area contributed by atoms with Crippen molar-refractivity contribution < 1.29 is 19.0 Å². The van der Waals surface area contributed by atoms with E-state index in [1.807, 2.05) is 23.1 Å². The quantitative estimate of drug-likeness (QED) is 0.598. The molecule has 0 N–H and O–H groups in total. The fourth-order valence-corrected chi connectivity index (χ4v) is 6.80. The van der Waals surface area contributed by atoms with Gasteiger partial charge in [0.05, 0.1) is 38.9 Å². The van der Waals surface area contributed by atoms with Crippen LogP contribution in [0.15, 0.2) is 47.8 Å². The lowest BCUT2D eigenvalue weighted by Crippen LogP contribution is -2.49. The van der Waals surface area contributed by atoms with Crippen LogP contribution >= 0.6 is 8.58 Å². The first-order chi connectivity index (χ1) is 16.6. The predicted molar refractivity (Wildman–Crippen MR) is 135 cm³/mol. The summed E-state index contributed by atoms with van der Waals surface area (Å²) < 4.78 is 16.3. The first-order valence-corrected chi connectivity index (χ1v) is 13.1. The maximum Gasteiger partial charge on any atom is 0.252 e. The average Bonchev–Trinajstić information content (AvgIpc) is 2.89. The second-order valence-electron chi connectivity index (χ2n) is 9.23. The molecule has 0 radical (unpaired) electrons. The molecule has 4 aliphatic rings. The number of morpholine rings is 1. The SMILES string of the molecule is COc1ccc(C2=CC(=O)N3C=C(N4CCC(N5CCOCC5)CC4)C=C(C)C3P2)cc1OC. The number of rotatable bonds is 5. The monoisotopic (exact) mass is 483 g/mol. The molecule has 0 aromatic heterocycles. The number of amides is 1. The molecule has 1 aromatic rings. The van der Waals surface area contributed by atoms with Crippen LogP contribution in [0.25, 0.3) is 5.31 Å². The zero-order valence-electron chi connectivity index (χ0n) is 20.3. The van der Waals surface area contributed by atoms with Gasteiger partial charge < -0.3 is 24.0 Å². The highest BCUT2D eigenvalue weighted by atomic mass is 31.1. The lowest BCUT2D eigenvalue weighted by molar-refractivity contribution is -0.124. The minimum Gasteiger partial charge on any atom is -0.493 e. The van der Waals surface area contributed by atoms with Crippen molar-refractivity contribution in [1.29, 1.82) is 0 Å². The molecule has 1 amide bonds. The maximum absolute atomic E-state index is 13.2. The molecule has 0 aliphatic carbocycles. The molecule has 34 heavy (non-hydrogen) atoms. The largest absolute Gasteiger partial charge is 0.493 e. The van der Waals surface area contributed by atoms with E-state index in [2.05, 4.69) is 29.0 Å². The predicted octanol–water partition coefficient (Wildman–Crippen LogP) is 3.49. The van der Waals surface area contributed by atoms with Crippen molar-refractivity contribution in [3.05, 3.63) is 53.4 Å². The number of allylic oxidation sites excluding steroid dienone is 1. The van der Waals surface area contributed by atoms with E-state index in [0.29, 0.717) is 26.1 Å². The Hall–Kier alpha value is -2.34. The summed E-state index contributed by atoms with van der Waals surface area (Å²) in [7, 11) is 3.74. The van der Waals surface area contributed by atoms with Gasteiger partial charge in [0.2, 0.25) is 0 Å². The second-order valence-corrected chi connectivity index (χ2v) is 10.6. The van der Waals surface area contributed by atoms with E-state index >= 15 is 0 Å². The summed E-state index contributed by atoms with van der Waals surface area (Å²) in [5.74, 6) is 1.49. The van der Waals surface area contributed by atoms with Crippen molar-refractivity contribution in [2.24, 2.45) is 0 Å². The summed E-state index contributed by atoms with van der Waals surface area (Å²) in [5.41, 5.74) is 3.41. The molecule has 5 rings (SSSR count). The molecule has 0 saturated carbocycles. The van der Waals surface area contributed by atoms with Gasteiger partial charge in [0, 0.05) is 44.5 Å². The Bertz CT molecular complexity index is 1020. The van der Waals surface area contributed by atoms with E-state index in [1.54, 1.807) is 20.3 Å². The van der Waals surface area contributed by atoms with Gasteiger partial charge in [0.1, 0.15) is 0 Å². The third-order valence-electron chi connectivity index (χ3n) is 7.26. The Labute approximate surface area is 203 Å². The zero-order valence-corrected chi connectivity index (χ0v) is 21.3. The number of likely N-dealkylation sites (tertiary alicyclic amines) is 1. The van der Waals surface area contributed by atoms with Crippen LogP contribution in [0.5, 0.6) is 11.5 Å². The van der Waals surface area contributed by atoms with Crippen LogP contribution < -0.4 is 9.47 Å². The molecule has 2 fully saturated rings. The zero-order chi connectivity index (χ0) is 23.7. The highest BCUT2D eigenvalue weighted by Gasteiger charge is 2.34. The fraction of sp³-hybridized carbons (Fsp3) is 0.500. The summed E-state index contributed by atoms with van der Waals surface area (Å²) in [4.78, 5) is 20.2. The molecule has 2 unspecified atom stereocenters. The Balaban J connectivity index is 1.30. The lowest BCUT2D eigenvalue weighted by atomic mass is 10.0. The third kappa shape index (κ3) is 4.61. The first kappa shape index (κ1) is 23.4. The third-order valence-corrected chi connectivity index (χ3v) is 9.01. The van der Waals surface area contributed by atoms with Crippen LogP contribution in [-0.2, 0) is 9.53 Å². The number of benzene rings is 1. The number of hydrogen-bond acceptors (Lipinski definition) is 6. The summed E-state index contributed by atoms with van der Waals surface area (Å²) in [5, 5.41) is 1.06. The van der Waals surface area contributed by atoms with Crippen LogP contribution in [-0.4, -0.2) is 86.0 Å². The molecule has 4 aliphatic heterocycles. The van der Waals surface area contributed by atoms with Gasteiger partial charge in [-0.2, -0.15) is 0 Å². The van der Waals surface area contributed by atoms with Crippen LogP contribution in [0.4, 0.5) is 0 Å². The first-order valence-electron chi connectivity index (χ1n) is 12.1. The molecule has 1 aromatic carbocycles. The number of ether oxygens (including phenoxy) is 3. The topological polar surface area (TPSA) is 54.5 Å². The molecule has 0 spiro atoms. The van der Waals surface area contributed by atoms with E-state index in [9.17, 15) is 4.79 Å². The molecule has 8 heteroatoms. The van der Waals surface area contributed by atoms with Gasteiger partial charge in [0.15, 0.2) is 11.5 Å². The Morgan fingerprint density at radius 1 is 1.00 bits per heavy atom. The number of piperidine rings is 1. The summed E-state index contributed by atoms with van der Waals surface area (Å²) in [6.45, 7) is 8.01. The molecule has 2 atom stereocenters. The Kier molecular flexibility index (Phi) is 6.96. The highest BCUT2D eigenvalue weighted by Crippen LogP contribution is 2.48. The number of methoxy groups -OCH3 is 2. The van der Waals surface area contributed by atoms with Crippen LogP contribution in [0, 0.1) is 0 Å². The number of fused-ring (bicyclic) bond motifs is 1. The van der Waals surface area contributed by atoms with E-state index in [4.69, 9.17) is 14.2 Å². The van der Waals surface area contributed by atoms with Crippen molar-refractivity contribution in [1.82, 2.24) is 14.7 Å². The Morgan fingerprint density at radius 2 is 1.74 bits per heavy atom. The molecule has 7 nitrogen and oxygen atoms in total. The van der Waals surface area contributed by atoms with Crippen molar-refractivity contribution in [2.75, 3.05) is 53.6 Å². The maximum atomic E-state index is 13.2. The number of nitrogens with zero attached hydrogens (tertiary/aromatic N) is 3. The molecule has 182 valence electrons. The van der Waals surface area contributed by atoms with Crippen molar-refractivity contribution in [3.8, 4) is 11.5 Å². The summed E-state index contributed by atoms with van der Waals surface area (Å²) >= 11 is 0. The Morgan fingerprint density at radius 3 is 2.44 bits per heavy atom. The van der Waals surface area contributed by atoms with Crippen molar-refractivity contribution in [3.63, 3.8) is 0 Å². The van der Waals surface area contributed by atoms with Crippen LogP contribution in [0.1, 0.15) is 25.3 Å². The van der Waals surface area contributed by atoms with Gasteiger partial charge in [-0.05, 0) is 54.4 Å². The molecule has 4 heterocycles. The van der Waals surface area contributed by atoms with Gasteiger partial charge in [0.25, 0.3) is 5.91 Å².